The minimum absolute atomic E-state index is 0. The summed E-state index contributed by atoms with van der Waals surface area (Å²) in [7, 11) is 0. The molecule has 3 rings (SSSR count). The van der Waals surface area contributed by atoms with Crippen LogP contribution >= 0.6 is 12.4 Å². The first-order valence-electron chi connectivity index (χ1n) is 6.22. The van der Waals surface area contributed by atoms with Crippen molar-refractivity contribution < 1.29 is 4.79 Å². The SMILES string of the molecule is Cl.NC1(C(=O)Nc2nc3ccccc3[nH]2)CCCC1. The lowest BCUT2D eigenvalue weighted by Gasteiger charge is -2.21. The molecule has 4 N–H and O–H groups in total. The van der Waals surface area contributed by atoms with Crippen molar-refractivity contribution in [1.82, 2.24) is 9.97 Å². The molecule has 102 valence electrons. The van der Waals surface area contributed by atoms with Crippen molar-refractivity contribution in [3.05, 3.63) is 24.3 Å². The summed E-state index contributed by atoms with van der Waals surface area (Å²) < 4.78 is 0. The van der Waals surface area contributed by atoms with Crippen LogP contribution in [0.25, 0.3) is 11.0 Å². The molecular weight excluding hydrogens is 264 g/mol. The van der Waals surface area contributed by atoms with Gasteiger partial charge >= 0.3 is 0 Å². The van der Waals surface area contributed by atoms with Gasteiger partial charge in [0.05, 0.1) is 16.6 Å². The molecule has 0 atom stereocenters. The molecule has 0 saturated heterocycles. The van der Waals surface area contributed by atoms with Crippen LogP contribution in [-0.4, -0.2) is 21.4 Å². The number of carbonyl (C=O) groups is 1. The average molecular weight is 281 g/mol. The number of nitrogens with zero attached hydrogens (tertiary/aromatic N) is 1. The predicted molar refractivity (Wildman–Crippen MR) is 77.4 cm³/mol. The third-order valence-corrected chi connectivity index (χ3v) is 3.57. The molecule has 0 unspecified atom stereocenters. The van der Waals surface area contributed by atoms with Crippen LogP contribution in [0.3, 0.4) is 0 Å². The molecule has 1 fully saturated rings. The maximum atomic E-state index is 12.1. The molecule has 19 heavy (non-hydrogen) atoms. The monoisotopic (exact) mass is 280 g/mol. The van der Waals surface area contributed by atoms with Crippen molar-refractivity contribution in [2.75, 3.05) is 5.32 Å². The average Bonchev–Trinajstić information content (AvgIpc) is 2.95. The van der Waals surface area contributed by atoms with Gasteiger partial charge in [0, 0.05) is 0 Å². The number of amides is 1. The Balaban J connectivity index is 0.00000133. The van der Waals surface area contributed by atoms with Gasteiger partial charge in [-0.1, -0.05) is 25.0 Å². The first kappa shape index (κ1) is 13.8. The number of para-hydroxylation sites is 2. The molecule has 0 aliphatic heterocycles. The third kappa shape index (κ3) is 2.57. The molecule has 1 aromatic heterocycles. The number of benzene rings is 1. The van der Waals surface area contributed by atoms with E-state index in [0.717, 1.165) is 36.7 Å². The molecule has 1 amide bonds. The van der Waals surface area contributed by atoms with Gasteiger partial charge in [-0.3, -0.25) is 10.1 Å². The van der Waals surface area contributed by atoms with Crippen LogP contribution in [-0.2, 0) is 4.79 Å². The molecule has 1 heterocycles. The molecule has 0 bridgehead atoms. The molecule has 1 aliphatic carbocycles. The van der Waals surface area contributed by atoms with E-state index in [9.17, 15) is 4.79 Å². The number of hydrogen-bond donors (Lipinski definition) is 3. The Morgan fingerprint density at radius 1 is 1.32 bits per heavy atom. The minimum atomic E-state index is -0.723. The van der Waals surface area contributed by atoms with Crippen LogP contribution in [0.4, 0.5) is 5.95 Å². The molecule has 0 spiro atoms. The van der Waals surface area contributed by atoms with Gasteiger partial charge in [-0.25, -0.2) is 4.98 Å². The topological polar surface area (TPSA) is 83.8 Å². The minimum Gasteiger partial charge on any atom is -0.324 e. The summed E-state index contributed by atoms with van der Waals surface area (Å²) in [5, 5.41) is 2.78. The summed E-state index contributed by atoms with van der Waals surface area (Å²) >= 11 is 0. The highest BCUT2D eigenvalue weighted by atomic mass is 35.5. The van der Waals surface area contributed by atoms with Crippen molar-refractivity contribution in [3.8, 4) is 0 Å². The maximum Gasteiger partial charge on any atom is 0.246 e. The molecule has 1 saturated carbocycles. The molecule has 1 aliphatic rings. The molecule has 2 aromatic rings. The van der Waals surface area contributed by atoms with E-state index in [1.54, 1.807) is 0 Å². The lowest BCUT2D eigenvalue weighted by Crippen LogP contribution is -2.48. The van der Waals surface area contributed by atoms with Gasteiger partial charge in [-0.05, 0) is 25.0 Å². The zero-order valence-electron chi connectivity index (χ0n) is 10.5. The number of carbonyl (C=O) groups excluding carboxylic acids is 1. The predicted octanol–water partition coefficient (Wildman–Crippen LogP) is 2.19. The number of aromatic nitrogens is 2. The number of aromatic amines is 1. The molecule has 6 heteroatoms. The maximum absolute atomic E-state index is 12.1. The van der Waals surface area contributed by atoms with Crippen molar-refractivity contribution >= 4 is 35.3 Å². The Hall–Kier alpha value is -1.59. The van der Waals surface area contributed by atoms with E-state index in [2.05, 4.69) is 15.3 Å². The number of hydrogen-bond acceptors (Lipinski definition) is 3. The van der Waals surface area contributed by atoms with E-state index in [0.29, 0.717) is 5.95 Å². The van der Waals surface area contributed by atoms with Crippen molar-refractivity contribution in [2.45, 2.75) is 31.2 Å². The lowest BCUT2D eigenvalue weighted by molar-refractivity contribution is -0.121. The van der Waals surface area contributed by atoms with Gasteiger partial charge in [0.2, 0.25) is 11.9 Å². The Labute approximate surface area is 117 Å². The highest BCUT2D eigenvalue weighted by Crippen LogP contribution is 2.28. The Morgan fingerprint density at radius 2 is 2.00 bits per heavy atom. The number of rotatable bonds is 2. The molecule has 5 nitrogen and oxygen atoms in total. The lowest BCUT2D eigenvalue weighted by atomic mass is 9.98. The van der Waals surface area contributed by atoms with Crippen LogP contribution in [0.2, 0.25) is 0 Å². The smallest absolute Gasteiger partial charge is 0.246 e. The number of imidazole rings is 1. The van der Waals surface area contributed by atoms with Crippen molar-refractivity contribution in [1.29, 1.82) is 0 Å². The fourth-order valence-electron chi connectivity index (χ4n) is 2.48. The number of halogens is 1. The summed E-state index contributed by atoms with van der Waals surface area (Å²) in [6.07, 6.45) is 3.53. The fourth-order valence-corrected chi connectivity index (χ4v) is 2.48. The van der Waals surface area contributed by atoms with E-state index in [1.165, 1.54) is 0 Å². The van der Waals surface area contributed by atoms with Crippen LogP contribution < -0.4 is 11.1 Å². The number of H-pyrrole nitrogens is 1. The number of nitrogens with one attached hydrogen (secondary N) is 2. The standard InChI is InChI=1S/C13H16N4O.ClH/c14-13(7-3-4-8-13)11(18)17-12-15-9-5-1-2-6-10(9)16-12;/h1-2,5-6H,3-4,7-8,14H2,(H2,15,16,17,18);1H. The normalized spacial score (nSPS) is 17.1. The second-order valence-corrected chi connectivity index (χ2v) is 4.92. The molecule has 1 aromatic carbocycles. The summed E-state index contributed by atoms with van der Waals surface area (Å²) in [6, 6.07) is 7.66. The number of nitrogens with two attached hydrogens (primary N) is 1. The van der Waals surface area contributed by atoms with Crippen LogP contribution in [0.1, 0.15) is 25.7 Å². The highest BCUT2D eigenvalue weighted by molar-refractivity contribution is 5.98. The fraction of sp³-hybridized carbons (Fsp3) is 0.385. The largest absolute Gasteiger partial charge is 0.324 e. The van der Waals surface area contributed by atoms with Crippen molar-refractivity contribution in [3.63, 3.8) is 0 Å². The zero-order valence-corrected chi connectivity index (χ0v) is 11.3. The van der Waals surface area contributed by atoms with Gasteiger partial charge in [-0.15, -0.1) is 12.4 Å². The van der Waals surface area contributed by atoms with Gasteiger partial charge in [0.1, 0.15) is 0 Å². The van der Waals surface area contributed by atoms with E-state index in [1.807, 2.05) is 24.3 Å². The van der Waals surface area contributed by atoms with Gasteiger partial charge in [-0.2, -0.15) is 0 Å². The van der Waals surface area contributed by atoms with E-state index in [4.69, 9.17) is 5.73 Å². The molecular formula is C13H17ClN4O. The Bertz CT molecular complexity index is 556. The van der Waals surface area contributed by atoms with Crippen LogP contribution in [0, 0.1) is 0 Å². The summed E-state index contributed by atoms with van der Waals surface area (Å²) in [5.41, 5.74) is 7.11. The second-order valence-electron chi connectivity index (χ2n) is 4.92. The second kappa shape index (κ2) is 5.19. The van der Waals surface area contributed by atoms with Gasteiger partial charge in [0.15, 0.2) is 0 Å². The van der Waals surface area contributed by atoms with Crippen molar-refractivity contribution in [2.24, 2.45) is 5.73 Å². The van der Waals surface area contributed by atoms with Crippen LogP contribution in [0.15, 0.2) is 24.3 Å². The number of fused-ring (bicyclic) bond motifs is 1. The Kier molecular flexibility index (Phi) is 3.78. The van der Waals surface area contributed by atoms with Gasteiger partial charge < -0.3 is 10.7 Å². The molecule has 0 radical (unpaired) electrons. The summed E-state index contributed by atoms with van der Waals surface area (Å²) in [5.74, 6) is 0.331. The number of anilines is 1. The third-order valence-electron chi connectivity index (χ3n) is 3.57. The highest BCUT2D eigenvalue weighted by Gasteiger charge is 2.37. The first-order chi connectivity index (χ1) is 8.67. The summed E-state index contributed by atoms with van der Waals surface area (Å²) in [6.45, 7) is 0. The quantitative estimate of drug-likeness (QED) is 0.788. The van der Waals surface area contributed by atoms with E-state index >= 15 is 0 Å². The van der Waals surface area contributed by atoms with Gasteiger partial charge in [0.25, 0.3) is 0 Å². The van der Waals surface area contributed by atoms with E-state index < -0.39 is 5.54 Å². The first-order valence-corrected chi connectivity index (χ1v) is 6.22. The van der Waals surface area contributed by atoms with E-state index in [-0.39, 0.29) is 18.3 Å². The summed E-state index contributed by atoms with van der Waals surface area (Å²) in [4.78, 5) is 19.5. The zero-order chi connectivity index (χ0) is 12.6. The van der Waals surface area contributed by atoms with Crippen LogP contribution in [0.5, 0.6) is 0 Å². The Morgan fingerprint density at radius 3 is 2.68 bits per heavy atom.